The van der Waals surface area contributed by atoms with Crippen molar-refractivity contribution in [3.05, 3.63) is 69.7 Å². The zero-order valence-corrected chi connectivity index (χ0v) is 18.3. The number of hydrogen-bond donors (Lipinski definition) is 2. The van der Waals surface area contributed by atoms with Crippen LogP contribution < -0.4 is 10.6 Å². The third kappa shape index (κ3) is 4.30. The summed E-state index contributed by atoms with van der Waals surface area (Å²) < 4.78 is 0. The summed E-state index contributed by atoms with van der Waals surface area (Å²) in [4.78, 5) is 39.4. The Morgan fingerprint density at radius 1 is 1.17 bits per heavy atom. The quantitative estimate of drug-likeness (QED) is 0.616. The Balaban J connectivity index is 1.75. The van der Waals surface area contributed by atoms with E-state index in [1.807, 2.05) is 37.3 Å². The molecule has 1 fully saturated rings. The maximum absolute atomic E-state index is 13.2. The highest BCUT2D eigenvalue weighted by Gasteiger charge is 2.52. The minimum absolute atomic E-state index is 0.376. The SMILES string of the molecule is CCCC1(c2ccccc2)NC(=O)N(CC(=O)NC(C)c2ccc(Cl)cc2Cl)C1=O. The van der Waals surface area contributed by atoms with E-state index in [1.54, 1.807) is 25.1 Å². The fourth-order valence-electron chi connectivity index (χ4n) is 3.74. The monoisotopic (exact) mass is 447 g/mol. The van der Waals surface area contributed by atoms with Crippen molar-refractivity contribution >= 4 is 41.0 Å². The first-order valence-electron chi connectivity index (χ1n) is 9.72. The van der Waals surface area contributed by atoms with Crippen molar-refractivity contribution in [2.75, 3.05) is 6.54 Å². The molecule has 0 spiro atoms. The number of carbonyl (C=O) groups is 3. The Hall–Kier alpha value is -2.57. The number of nitrogens with one attached hydrogen (secondary N) is 2. The lowest BCUT2D eigenvalue weighted by Crippen LogP contribution is -2.45. The Labute approximate surface area is 185 Å². The molecule has 0 aromatic heterocycles. The molecule has 2 unspecified atom stereocenters. The summed E-state index contributed by atoms with van der Waals surface area (Å²) in [6, 6.07) is 13.1. The third-order valence-electron chi connectivity index (χ3n) is 5.18. The van der Waals surface area contributed by atoms with Gasteiger partial charge >= 0.3 is 6.03 Å². The molecule has 2 aromatic rings. The van der Waals surface area contributed by atoms with Gasteiger partial charge in [0.25, 0.3) is 5.91 Å². The zero-order chi connectivity index (χ0) is 21.9. The van der Waals surface area contributed by atoms with E-state index in [9.17, 15) is 14.4 Å². The number of amides is 4. The maximum atomic E-state index is 13.2. The van der Waals surface area contributed by atoms with E-state index in [-0.39, 0.29) is 6.54 Å². The summed E-state index contributed by atoms with van der Waals surface area (Å²) in [5, 5.41) is 6.52. The number of urea groups is 1. The average molecular weight is 448 g/mol. The van der Waals surface area contributed by atoms with Crippen LogP contribution in [-0.4, -0.2) is 29.3 Å². The van der Waals surface area contributed by atoms with Gasteiger partial charge in [-0.15, -0.1) is 0 Å². The molecule has 1 aliphatic rings. The van der Waals surface area contributed by atoms with Crippen LogP contribution >= 0.6 is 23.2 Å². The summed E-state index contributed by atoms with van der Waals surface area (Å²) in [6.45, 7) is 3.33. The molecule has 0 radical (unpaired) electrons. The van der Waals surface area contributed by atoms with Gasteiger partial charge in [-0.05, 0) is 36.6 Å². The molecular formula is C22H23Cl2N3O3. The Bertz CT molecular complexity index is 967. The molecule has 0 aliphatic carbocycles. The molecule has 0 saturated carbocycles. The van der Waals surface area contributed by atoms with Crippen molar-refractivity contribution in [2.24, 2.45) is 0 Å². The van der Waals surface area contributed by atoms with Crippen LogP contribution in [0.1, 0.15) is 43.9 Å². The molecule has 0 bridgehead atoms. The van der Waals surface area contributed by atoms with Crippen molar-refractivity contribution in [3.63, 3.8) is 0 Å². The van der Waals surface area contributed by atoms with E-state index in [0.29, 0.717) is 34.0 Å². The van der Waals surface area contributed by atoms with Crippen LogP contribution in [0, 0.1) is 0 Å². The number of benzene rings is 2. The first-order valence-corrected chi connectivity index (χ1v) is 10.5. The van der Waals surface area contributed by atoms with Crippen molar-refractivity contribution in [2.45, 2.75) is 38.3 Å². The maximum Gasteiger partial charge on any atom is 0.325 e. The predicted octanol–water partition coefficient (Wildman–Crippen LogP) is 4.42. The van der Waals surface area contributed by atoms with Gasteiger partial charge in [-0.3, -0.25) is 14.5 Å². The molecule has 158 valence electrons. The van der Waals surface area contributed by atoms with Crippen LogP contribution in [-0.2, 0) is 15.1 Å². The van der Waals surface area contributed by atoms with Crippen molar-refractivity contribution < 1.29 is 14.4 Å². The molecule has 2 aromatic carbocycles. The van der Waals surface area contributed by atoms with Crippen LogP contribution in [0.25, 0.3) is 0 Å². The number of halogens is 2. The van der Waals surface area contributed by atoms with E-state index >= 15 is 0 Å². The van der Waals surface area contributed by atoms with Gasteiger partial charge in [0.1, 0.15) is 12.1 Å². The van der Waals surface area contributed by atoms with Crippen molar-refractivity contribution in [1.82, 2.24) is 15.5 Å². The largest absolute Gasteiger partial charge is 0.348 e. The summed E-state index contributed by atoms with van der Waals surface area (Å²) in [5.41, 5.74) is 0.240. The van der Waals surface area contributed by atoms with Crippen LogP contribution in [0.15, 0.2) is 48.5 Å². The smallest absolute Gasteiger partial charge is 0.325 e. The number of imide groups is 1. The average Bonchev–Trinajstić information content (AvgIpc) is 2.94. The fraction of sp³-hybridized carbons (Fsp3) is 0.318. The first-order chi connectivity index (χ1) is 14.3. The molecule has 6 nitrogen and oxygen atoms in total. The van der Waals surface area contributed by atoms with Gasteiger partial charge in [-0.2, -0.15) is 0 Å². The summed E-state index contributed by atoms with van der Waals surface area (Å²) in [5.74, 6) is -0.884. The van der Waals surface area contributed by atoms with Crippen molar-refractivity contribution in [3.8, 4) is 0 Å². The molecule has 1 heterocycles. The van der Waals surface area contributed by atoms with Crippen LogP contribution in [0.3, 0.4) is 0 Å². The lowest BCUT2D eigenvalue weighted by Gasteiger charge is -2.27. The molecular weight excluding hydrogens is 425 g/mol. The standard InChI is InChI=1S/C22H23Cl2N3O3/c1-3-11-22(15-7-5-4-6-8-15)20(29)27(21(30)26-22)13-19(28)25-14(2)17-10-9-16(23)12-18(17)24/h4-10,12,14H,3,11,13H2,1-2H3,(H,25,28)(H,26,30). The zero-order valence-electron chi connectivity index (χ0n) is 16.7. The molecule has 2 N–H and O–H groups in total. The summed E-state index contributed by atoms with van der Waals surface area (Å²) >= 11 is 12.1. The Kier molecular flexibility index (Phi) is 6.68. The van der Waals surface area contributed by atoms with Crippen molar-refractivity contribution in [1.29, 1.82) is 0 Å². The highest BCUT2D eigenvalue weighted by molar-refractivity contribution is 6.35. The van der Waals surface area contributed by atoms with E-state index in [4.69, 9.17) is 23.2 Å². The van der Waals surface area contributed by atoms with Gasteiger partial charge in [0.05, 0.1) is 6.04 Å². The minimum Gasteiger partial charge on any atom is -0.348 e. The molecule has 1 saturated heterocycles. The second kappa shape index (κ2) is 9.06. The first kappa shape index (κ1) is 22.1. The molecule has 1 aliphatic heterocycles. The van der Waals surface area contributed by atoms with Gasteiger partial charge in [0, 0.05) is 10.0 Å². The lowest BCUT2D eigenvalue weighted by atomic mass is 9.85. The second-order valence-electron chi connectivity index (χ2n) is 7.30. The highest BCUT2D eigenvalue weighted by Crippen LogP contribution is 2.33. The minimum atomic E-state index is -1.15. The normalized spacial score (nSPS) is 19.5. The van der Waals surface area contributed by atoms with Gasteiger partial charge < -0.3 is 10.6 Å². The van der Waals surface area contributed by atoms with E-state index in [2.05, 4.69) is 10.6 Å². The molecule has 3 rings (SSSR count). The van der Waals surface area contributed by atoms with Crippen LogP contribution in [0.4, 0.5) is 4.79 Å². The Morgan fingerprint density at radius 3 is 2.50 bits per heavy atom. The van der Waals surface area contributed by atoms with Gasteiger partial charge in [-0.25, -0.2) is 4.79 Å². The summed E-state index contributed by atoms with van der Waals surface area (Å²) in [6.07, 6.45) is 1.13. The van der Waals surface area contributed by atoms with E-state index < -0.39 is 29.4 Å². The number of hydrogen-bond acceptors (Lipinski definition) is 3. The number of nitrogens with zero attached hydrogens (tertiary/aromatic N) is 1. The van der Waals surface area contributed by atoms with E-state index in [1.165, 1.54) is 0 Å². The Morgan fingerprint density at radius 2 is 1.87 bits per heavy atom. The van der Waals surface area contributed by atoms with Crippen LogP contribution in [0.2, 0.25) is 10.0 Å². The second-order valence-corrected chi connectivity index (χ2v) is 8.14. The number of rotatable bonds is 7. The lowest BCUT2D eigenvalue weighted by molar-refractivity contribution is -0.135. The van der Waals surface area contributed by atoms with Gasteiger partial charge in [0.2, 0.25) is 5.91 Å². The summed E-state index contributed by atoms with van der Waals surface area (Å²) in [7, 11) is 0. The fourth-order valence-corrected chi connectivity index (χ4v) is 4.31. The predicted molar refractivity (Wildman–Crippen MR) is 116 cm³/mol. The highest BCUT2D eigenvalue weighted by atomic mass is 35.5. The number of carbonyl (C=O) groups excluding carboxylic acids is 3. The van der Waals surface area contributed by atoms with Crippen LogP contribution in [0.5, 0.6) is 0 Å². The topological polar surface area (TPSA) is 78.5 Å². The molecule has 2 atom stereocenters. The van der Waals surface area contributed by atoms with Gasteiger partial charge in [0.15, 0.2) is 0 Å². The van der Waals surface area contributed by atoms with Gasteiger partial charge in [-0.1, -0.05) is 72.9 Å². The molecule has 8 heteroatoms. The third-order valence-corrected chi connectivity index (χ3v) is 5.74. The van der Waals surface area contributed by atoms with E-state index in [0.717, 1.165) is 4.90 Å². The molecule has 30 heavy (non-hydrogen) atoms. The molecule has 4 amide bonds.